The fourth-order valence-electron chi connectivity index (χ4n) is 1.77. The molecule has 4 nitrogen and oxygen atoms in total. The van der Waals surface area contributed by atoms with Crippen molar-refractivity contribution in [3.63, 3.8) is 0 Å². The summed E-state index contributed by atoms with van der Waals surface area (Å²) in [5.74, 6) is 0.388. The Morgan fingerprint density at radius 3 is 2.84 bits per heavy atom. The van der Waals surface area contributed by atoms with E-state index in [1.54, 1.807) is 12.1 Å². The summed E-state index contributed by atoms with van der Waals surface area (Å²) in [5.41, 5.74) is 0.906. The zero-order chi connectivity index (χ0) is 13.7. The van der Waals surface area contributed by atoms with Crippen LogP contribution in [0.2, 0.25) is 0 Å². The molecule has 0 aliphatic rings. The zero-order valence-corrected chi connectivity index (χ0v) is 11.8. The smallest absolute Gasteiger partial charge is 0.225 e. The van der Waals surface area contributed by atoms with Crippen LogP contribution in [0.4, 0.5) is 0 Å². The Hall–Kier alpha value is -1.59. The summed E-state index contributed by atoms with van der Waals surface area (Å²) in [6, 6.07) is 10.5. The maximum Gasteiger partial charge on any atom is 0.225 e. The predicted octanol–water partition coefficient (Wildman–Crippen LogP) is 2.43. The van der Waals surface area contributed by atoms with E-state index in [2.05, 4.69) is 21.2 Å². The van der Waals surface area contributed by atoms with E-state index >= 15 is 0 Å². The van der Waals surface area contributed by atoms with E-state index in [-0.39, 0.29) is 18.9 Å². The first kappa shape index (κ1) is 13.8. The molecular weight excluding hydrogens is 310 g/mol. The first-order valence-corrected chi connectivity index (χ1v) is 6.66. The highest BCUT2D eigenvalue weighted by Crippen LogP contribution is 2.14. The monoisotopic (exact) mass is 323 g/mol. The van der Waals surface area contributed by atoms with Crippen LogP contribution in [-0.2, 0) is 11.2 Å². The quantitative estimate of drug-likeness (QED) is 0.888. The Morgan fingerprint density at radius 1 is 1.37 bits per heavy atom. The SMILES string of the molecule is O=C(Cc1cccc(Br)c1)NC(CO)c1ccco1. The summed E-state index contributed by atoms with van der Waals surface area (Å²) in [4.78, 5) is 11.9. The average Bonchev–Trinajstić information content (AvgIpc) is 2.89. The lowest BCUT2D eigenvalue weighted by Crippen LogP contribution is -2.31. The van der Waals surface area contributed by atoms with Crippen molar-refractivity contribution in [3.05, 3.63) is 58.5 Å². The molecule has 1 heterocycles. The second kappa shape index (κ2) is 6.54. The topological polar surface area (TPSA) is 62.5 Å². The van der Waals surface area contributed by atoms with Crippen molar-refractivity contribution >= 4 is 21.8 Å². The minimum absolute atomic E-state index is 0.159. The fraction of sp³-hybridized carbons (Fsp3) is 0.214. The molecule has 0 aliphatic heterocycles. The standard InChI is InChI=1S/C14H14BrNO3/c15-11-4-1-3-10(7-11)8-14(18)16-12(9-17)13-5-2-6-19-13/h1-7,12,17H,8-9H2,(H,16,18). The van der Waals surface area contributed by atoms with Gasteiger partial charge in [0.25, 0.3) is 0 Å². The minimum Gasteiger partial charge on any atom is -0.467 e. The summed E-state index contributed by atoms with van der Waals surface area (Å²) in [7, 11) is 0. The van der Waals surface area contributed by atoms with Crippen LogP contribution >= 0.6 is 15.9 Å². The number of nitrogens with one attached hydrogen (secondary N) is 1. The van der Waals surface area contributed by atoms with E-state index in [0.29, 0.717) is 5.76 Å². The van der Waals surface area contributed by atoms with E-state index in [9.17, 15) is 9.90 Å². The molecule has 0 aliphatic carbocycles. The molecule has 0 saturated heterocycles. The van der Waals surface area contributed by atoms with Crippen LogP contribution in [0, 0.1) is 0 Å². The number of aliphatic hydroxyl groups is 1. The van der Waals surface area contributed by atoms with Gasteiger partial charge in [-0.2, -0.15) is 0 Å². The molecule has 1 unspecified atom stereocenters. The van der Waals surface area contributed by atoms with E-state index in [0.717, 1.165) is 10.0 Å². The highest BCUT2D eigenvalue weighted by Gasteiger charge is 2.16. The van der Waals surface area contributed by atoms with Crippen molar-refractivity contribution < 1.29 is 14.3 Å². The van der Waals surface area contributed by atoms with Crippen molar-refractivity contribution in [1.29, 1.82) is 0 Å². The molecule has 2 N–H and O–H groups in total. The van der Waals surface area contributed by atoms with Gasteiger partial charge in [-0.05, 0) is 29.8 Å². The van der Waals surface area contributed by atoms with Crippen molar-refractivity contribution in [2.45, 2.75) is 12.5 Å². The first-order chi connectivity index (χ1) is 9.19. The zero-order valence-electron chi connectivity index (χ0n) is 10.2. The van der Waals surface area contributed by atoms with Crippen LogP contribution in [0.1, 0.15) is 17.4 Å². The Bertz CT molecular complexity index is 539. The second-order valence-electron chi connectivity index (χ2n) is 4.12. The second-order valence-corrected chi connectivity index (χ2v) is 5.04. The van der Waals surface area contributed by atoms with Gasteiger partial charge in [-0.3, -0.25) is 4.79 Å². The summed E-state index contributed by atoms with van der Waals surface area (Å²) in [6.45, 7) is -0.197. The lowest BCUT2D eigenvalue weighted by atomic mass is 10.1. The number of halogens is 1. The van der Waals surface area contributed by atoms with E-state index in [1.165, 1.54) is 6.26 Å². The van der Waals surface area contributed by atoms with Crippen LogP contribution in [0.3, 0.4) is 0 Å². The highest BCUT2D eigenvalue weighted by molar-refractivity contribution is 9.10. The molecule has 1 atom stereocenters. The summed E-state index contributed by atoms with van der Waals surface area (Å²) in [5, 5.41) is 12.0. The van der Waals surface area contributed by atoms with Gasteiger partial charge in [0.2, 0.25) is 5.91 Å². The van der Waals surface area contributed by atoms with Crippen molar-refractivity contribution in [2.24, 2.45) is 0 Å². The summed E-state index contributed by atoms with van der Waals surface area (Å²) in [6.07, 6.45) is 1.77. The Morgan fingerprint density at radius 2 is 2.21 bits per heavy atom. The Kier molecular flexibility index (Phi) is 4.76. The van der Waals surface area contributed by atoms with Crippen LogP contribution in [-0.4, -0.2) is 17.6 Å². The lowest BCUT2D eigenvalue weighted by molar-refractivity contribution is -0.121. The van der Waals surface area contributed by atoms with Crippen LogP contribution in [0.15, 0.2) is 51.6 Å². The number of hydrogen-bond acceptors (Lipinski definition) is 3. The Labute approximate surface area is 119 Å². The average molecular weight is 324 g/mol. The minimum atomic E-state index is -0.505. The number of carbonyl (C=O) groups excluding carboxylic acids is 1. The van der Waals surface area contributed by atoms with E-state index in [4.69, 9.17) is 4.42 Å². The van der Waals surface area contributed by atoms with Crippen LogP contribution < -0.4 is 5.32 Å². The van der Waals surface area contributed by atoms with Gasteiger partial charge in [-0.1, -0.05) is 28.1 Å². The van der Waals surface area contributed by atoms with Gasteiger partial charge < -0.3 is 14.8 Å². The number of rotatable bonds is 5. The molecule has 0 saturated carbocycles. The molecule has 100 valence electrons. The van der Waals surface area contributed by atoms with Gasteiger partial charge in [0.1, 0.15) is 11.8 Å². The third-order valence-corrected chi connectivity index (χ3v) is 3.15. The number of benzene rings is 1. The van der Waals surface area contributed by atoms with Gasteiger partial charge in [0.15, 0.2) is 0 Å². The molecule has 19 heavy (non-hydrogen) atoms. The molecule has 0 fully saturated rings. The van der Waals surface area contributed by atoms with E-state index in [1.807, 2.05) is 24.3 Å². The molecular formula is C14H14BrNO3. The maximum atomic E-state index is 11.9. The largest absolute Gasteiger partial charge is 0.467 e. The molecule has 0 bridgehead atoms. The molecule has 0 radical (unpaired) electrons. The highest BCUT2D eigenvalue weighted by atomic mass is 79.9. The molecule has 1 amide bonds. The number of aliphatic hydroxyl groups excluding tert-OH is 1. The maximum absolute atomic E-state index is 11.9. The van der Waals surface area contributed by atoms with Gasteiger partial charge in [0.05, 0.1) is 19.3 Å². The number of hydrogen-bond donors (Lipinski definition) is 2. The van der Waals surface area contributed by atoms with Crippen molar-refractivity contribution in [2.75, 3.05) is 6.61 Å². The van der Waals surface area contributed by atoms with Crippen LogP contribution in [0.25, 0.3) is 0 Å². The molecule has 5 heteroatoms. The van der Waals surface area contributed by atoms with Gasteiger partial charge in [-0.15, -0.1) is 0 Å². The van der Waals surface area contributed by atoms with Crippen LogP contribution in [0.5, 0.6) is 0 Å². The number of furan rings is 1. The third-order valence-electron chi connectivity index (χ3n) is 2.66. The Balaban J connectivity index is 1.97. The number of amides is 1. The fourth-order valence-corrected chi connectivity index (χ4v) is 2.22. The molecule has 1 aromatic carbocycles. The first-order valence-electron chi connectivity index (χ1n) is 5.87. The van der Waals surface area contributed by atoms with Gasteiger partial charge in [0, 0.05) is 4.47 Å². The lowest BCUT2D eigenvalue weighted by Gasteiger charge is -2.13. The number of carbonyl (C=O) groups is 1. The van der Waals surface area contributed by atoms with Gasteiger partial charge in [-0.25, -0.2) is 0 Å². The third kappa shape index (κ3) is 3.94. The normalized spacial score (nSPS) is 12.1. The predicted molar refractivity (Wildman–Crippen MR) is 74.5 cm³/mol. The van der Waals surface area contributed by atoms with E-state index < -0.39 is 6.04 Å². The van der Waals surface area contributed by atoms with Crippen molar-refractivity contribution in [1.82, 2.24) is 5.32 Å². The summed E-state index contributed by atoms with van der Waals surface area (Å²) >= 11 is 3.36. The molecule has 2 rings (SSSR count). The van der Waals surface area contributed by atoms with Crippen molar-refractivity contribution in [3.8, 4) is 0 Å². The van der Waals surface area contributed by atoms with Gasteiger partial charge >= 0.3 is 0 Å². The summed E-state index contributed by atoms with van der Waals surface area (Å²) < 4.78 is 6.11. The molecule has 0 spiro atoms. The molecule has 2 aromatic rings. The molecule has 1 aromatic heterocycles.